The van der Waals surface area contributed by atoms with Crippen LogP contribution in [-0.2, 0) is 17.6 Å². The van der Waals surface area contributed by atoms with E-state index in [2.05, 4.69) is 9.88 Å². The first-order valence-corrected chi connectivity index (χ1v) is 11.3. The van der Waals surface area contributed by atoms with Gasteiger partial charge in [0.2, 0.25) is 0 Å². The van der Waals surface area contributed by atoms with Crippen molar-refractivity contribution in [2.45, 2.75) is 44.6 Å². The molecule has 1 atom stereocenters. The zero-order valence-corrected chi connectivity index (χ0v) is 17.3. The minimum atomic E-state index is 0.0669. The van der Waals surface area contributed by atoms with E-state index in [1.54, 1.807) is 6.20 Å². The number of hydrogen-bond acceptors (Lipinski definition) is 7. The summed E-state index contributed by atoms with van der Waals surface area (Å²) in [6, 6.07) is 3.95. The lowest BCUT2D eigenvalue weighted by atomic mass is 9.96. The van der Waals surface area contributed by atoms with Crippen molar-refractivity contribution < 1.29 is 9.84 Å². The Hall–Kier alpha value is -2.09. The van der Waals surface area contributed by atoms with Crippen molar-refractivity contribution in [3.05, 3.63) is 35.0 Å². The van der Waals surface area contributed by atoms with E-state index < -0.39 is 0 Å². The summed E-state index contributed by atoms with van der Waals surface area (Å²) in [5.74, 6) is 1.79. The van der Waals surface area contributed by atoms with E-state index in [1.807, 2.05) is 29.7 Å². The Morgan fingerprint density at radius 3 is 3.00 bits per heavy atom. The predicted molar refractivity (Wildman–Crippen MR) is 116 cm³/mol. The van der Waals surface area contributed by atoms with Gasteiger partial charge in [0.15, 0.2) is 5.82 Å². The van der Waals surface area contributed by atoms with Crippen LogP contribution in [0.2, 0.25) is 0 Å². The second kappa shape index (κ2) is 8.34. The number of ether oxygens (including phenoxy) is 1. The minimum absolute atomic E-state index is 0.0669. The first-order chi connectivity index (χ1) is 14.3. The van der Waals surface area contributed by atoms with E-state index in [0.29, 0.717) is 6.61 Å². The molecule has 29 heavy (non-hydrogen) atoms. The maximum absolute atomic E-state index is 9.12. The smallest absolute Gasteiger partial charge is 0.164 e. The van der Waals surface area contributed by atoms with E-state index in [4.69, 9.17) is 19.8 Å². The second-order valence-corrected chi connectivity index (χ2v) is 8.89. The van der Waals surface area contributed by atoms with Crippen molar-refractivity contribution in [1.82, 2.24) is 15.0 Å². The number of aryl methyl sites for hydroxylation is 2. The molecule has 1 aliphatic carbocycles. The highest BCUT2D eigenvalue weighted by Gasteiger charge is 2.27. The number of pyridine rings is 1. The van der Waals surface area contributed by atoms with Crippen LogP contribution in [0, 0.1) is 0 Å². The average Bonchev–Trinajstić information content (AvgIpc) is 3.16. The summed E-state index contributed by atoms with van der Waals surface area (Å²) in [4.78, 5) is 19.2. The maximum Gasteiger partial charge on any atom is 0.164 e. The Labute approximate surface area is 174 Å². The van der Waals surface area contributed by atoms with Crippen molar-refractivity contribution >= 4 is 27.4 Å². The van der Waals surface area contributed by atoms with Gasteiger partial charge in [-0.2, -0.15) is 0 Å². The molecule has 1 fully saturated rings. The molecule has 0 spiro atoms. The van der Waals surface area contributed by atoms with Crippen LogP contribution in [0.1, 0.15) is 36.1 Å². The molecule has 0 bridgehead atoms. The standard InChI is InChI=1S/C22H26N4O2S/c27-11-12-28-16-6-4-10-26(14-16)21-19-17-7-1-2-8-18(17)29-22(19)25-20(24-21)15-5-3-9-23-13-15/h3,5,9,13,16,27H,1-2,4,6-8,10-12,14H2. The summed E-state index contributed by atoms with van der Waals surface area (Å²) in [6.07, 6.45) is 10.6. The van der Waals surface area contributed by atoms with Gasteiger partial charge in [-0.05, 0) is 56.2 Å². The van der Waals surface area contributed by atoms with E-state index in [-0.39, 0.29) is 12.7 Å². The number of piperidine rings is 1. The van der Waals surface area contributed by atoms with Crippen LogP contribution in [-0.4, -0.2) is 52.5 Å². The third kappa shape index (κ3) is 3.74. The third-order valence-corrected chi connectivity index (χ3v) is 7.02. The first-order valence-electron chi connectivity index (χ1n) is 10.5. The van der Waals surface area contributed by atoms with Gasteiger partial charge in [0.05, 0.1) is 24.7 Å². The Bertz CT molecular complexity index is 991. The molecule has 5 rings (SSSR count). The number of thiophene rings is 1. The van der Waals surface area contributed by atoms with Gasteiger partial charge in [0.25, 0.3) is 0 Å². The number of anilines is 1. The van der Waals surface area contributed by atoms with Crippen LogP contribution < -0.4 is 4.90 Å². The molecular formula is C22H26N4O2S. The number of aromatic nitrogens is 3. The van der Waals surface area contributed by atoms with Crippen LogP contribution >= 0.6 is 11.3 Å². The molecule has 0 amide bonds. The minimum Gasteiger partial charge on any atom is -0.394 e. The van der Waals surface area contributed by atoms with Crippen molar-refractivity contribution in [3.8, 4) is 11.4 Å². The highest BCUT2D eigenvalue weighted by atomic mass is 32.1. The van der Waals surface area contributed by atoms with Gasteiger partial charge >= 0.3 is 0 Å². The van der Waals surface area contributed by atoms with Crippen LogP contribution in [0.25, 0.3) is 21.6 Å². The lowest BCUT2D eigenvalue weighted by Gasteiger charge is -2.34. The third-order valence-electron chi connectivity index (χ3n) is 5.84. The summed E-state index contributed by atoms with van der Waals surface area (Å²) < 4.78 is 5.86. The molecule has 152 valence electrons. The van der Waals surface area contributed by atoms with Crippen LogP contribution in [0.3, 0.4) is 0 Å². The molecule has 1 saturated heterocycles. The maximum atomic E-state index is 9.12. The molecule has 1 unspecified atom stereocenters. The van der Waals surface area contributed by atoms with E-state index in [9.17, 15) is 0 Å². The molecular weight excluding hydrogens is 384 g/mol. The van der Waals surface area contributed by atoms with Gasteiger partial charge in [0, 0.05) is 35.9 Å². The summed E-state index contributed by atoms with van der Waals surface area (Å²) in [5.41, 5.74) is 2.41. The van der Waals surface area contributed by atoms with Crippen LogP contribution in [0.4, 0.5) is 5.82 Å². The fourth-order valence-corrected chi connectivity index (χ4v) is 5.73. The van der Waals surface area contributed by atoms with Gasteiger partial charge < -0.3 is 14.7 Å². The van der Waals surface area contributed by atoms with Crippen molar-refractivity contribution in [1.29, 1.82) is 0 Å². The molecule has 0 saturated carbocycles. The average molecular weight is 411 g/mol. The highest BCUT2D eigenvalue weighted by molar-refractivity contribution is 7.19. The van der Waals surface area contributed by atoms with Gasteiger partial charge in [-0.1, -0.05) is 0 Å². The predicted octanol–water partition coefficient (Wildman–Crippen LogP) is 3.61. The van der Waals surface area contributed by atoms with Gasteiger partial charge in [0.1, 0.15) is 10.6 Å². The molecule has 0 aromatic carbocycles. The zero-order valence-electron chi connectivity index (χ0n) is 16.5. The van der Waals surface area contributed by atoms with Crippen molar-refractivity contribution in [2.24, 2.45) is 0 Å². The highest BCUT2D eigenvalue weighted by Crippen LogP contribution is 2.41. The van der Waals surface area contributed by atoms with Gasteiger partial charge in [-0.15, -0.1) is 11.3 Å². The molecule has 1 aliphatic heterocycles. The first kappa shape index (κ1) is 18.9. The normalized spacial score (nSPS) is 19.5. The number of aliphatic hydroxyl groups is 1. The number of aliphatic hydroxyl groups excluding tert-OH is 1. The van der Waals surface area contributed by atoms with Crippen molar-refractivity contribution in [3.63, 3.8) is 0 Å². The molecule has 4 heterocycles. The fourth-order valence-electron chi connectivity index (χ4n) is 4.48. The fraction of sp³-hybridized carbons (Fsp3) is 0.500. The Balaban J connectivity index is 1.60. The molecule has 6 nitrogen and oxygen atoms in total. The van der Waals surface area contributed by atoms with E-state index in [0.717, 1.165) is 60.8 Å². The van der Waals surface area contributed by atoms with E-state index >= 15 is 0 Å². The summed E-state index contributed by atoms with van der Waals surface area (Å²) in [5, 5.41) is 10.4. The molecule has 0 radical (unpaired) electrons. The topological polar surface area (TPSA) is 71.4 Å². The SMILES string of the molecule is OCCOC1CCCN(c2nc(-c3cccnc3)nc3sc4c(c23)CCCC4)C1. The number of hydrogen-bond donors (Lipinski definition) is 1. The van der Waals surface area contributed by atoms with Crippen LogP contribution in [0.5, 0.6) is 0 Å². The number of nitrogens with zero attached hydrogens (tertiary/aromatic N) is 4. The summed E-state index contributed by atoms with van der Waals surface area (Å²) in [6.45, 7) is 2.25. The quantitative estimate of drug-likeness (QED) is 0.693. The van der Waals surface area contributed by atoms with E-state index in [1.165, 1.54) is 28.7 Å². The van der Waals surface area contributed by atoms with Gasteiger partial charge in [-0.25, -0.2) is 9.97 Å². The van der Waals surface area contributed by atoms with Gasteiger partial charge in [-0.3, -0.25) is 4.98 Å². The molecule has 3 aromatic rings. The molecule has 3 aromatic heterocycles. The number of rotatable bonds is 5. The second-order valence-electron chi connectivity index (χ2n) is 7.81. The number of fused-ring (bicyclic) bond motifs is 3. The van der Waals surface area contributed by atoms with Crippen LogP contribution in [0.15, 0.2) is 24.5 Å². The van der Waals surface area contributed by atoms with Crippen molar-refractivity contribution in [2.75, 3.05) is 31.2 Å². The Morgan fingerprint density at radius 2 is 2.14 bits per heavy atom. The summed E-state index contributed by atoms with van der Waals surface area (Å²) in [7, 11) is 0. The summed E-state index contributed by atoms with van der Waals surface area (Å²) >= 11 is 1.84. The zero-order chi connectivity index (χ0) is 19.6. The molecule has 2 aliphatic rings. The largest absolute Gasteiger partial charge is 0.394 e. The molecule has 1 N–H and O–H groups in total. The Morgan fingerprint density at radius 1 is 1.21 bits per heavy atom. The lowest BCUT2D eigenvalue weighted by molar-refractivity contribution is 0.0214. The molecule has 7 heteroatoms. The lowest BCUT2D eigenvalue weighted by Crippen LogP contribution is -2.40. The monoisotopic (exact) mass is 410 g/mol. The Kier molecular flexibility index (Phi) is 5.44.